The van der Waals surface area contributed by atoms with E-state index in [-0.39, 0.29) is 0 Å². The Bertz CT molecular complexity index is 397. The number of nitrogens with one attached hydrogen (secondary N) is 1. The molecule has 94 valence electrons. The van der Waals surface area contributed by atoms with E-state index in [9.17, 15) is 4.79 Å². The molecule has 0 amide bonds. The van der Waals surface area contributed by atoms with Crippen LogP contribution in [0.5, 0.6) is 0 Å². The maximum absolute atomic E-state index is 10.8. The molecule has 2 heterocycles. The maximum Gasteiger partial charge on any atom is 0.345 e. The summed E-state index contributed by atoms with van der Waals surface area (Å²) in [7, 11) is 0. The number of aryl methyl sites for hydroxylation is 1. The molecule has 2 N–H and O–H groups in total. The molecule has 5 heteroatoms. The molecule has 1 aromatic heterocycles. The first kappa shape index (κ1) is 12.9. The minimum Gasteiger partial charge on any atom is -0.477 e. The van der Waals surface area contributed by atoms with E-state index in [1.54, 1.807) is 6.07 Å². The molecule has 0 spiro atoms. The van der Waals surface area contributed by atoms with Crippen LogP contribution in [0.15, 0.2) is 6.07 Å². The molecular formula is C12H17NO2S2. The third kappa shape index (κ3) is 3.47. The Morgan fingerprint density at radius 3 is 3.06 bits per heavy atom. The van der Waals surface area contributed by atoms with E-state index in [2.05, 4.69) is 5.32 Å². The molecule has 2 rings (SSSR count). The van der Waals surface area contributed by atoms with Crippen molar-refractivity contribution in [3.05, 3.63) is 21.4 Å². The van der Waals surface area contributed by atoms with Gasteiger partial charge in [0.1, 0.15) is 4.88 Å². The maximum atomic E-state index is 10.8. The Balaban J connectivity index is 1.83. The highest BCUT2D eigenvalue weighted by atomic mass is 32.2. The fourth-order valence-electron chi connectivity index (χ4n) is 1.97. The molecule has 17 heavy (non-hydrogen) atoms. The van der Waals surface area contributed by atoms with Gasteiger partial charge < -0.3 is 10.4 Å². The van der Waals surface area contributed by atoms with Crippen LogP contribution < -0.4 is 5.32 Å². The van der Waals surface area contributed by atoms with E-state index < -0.39 is 5.97 Å². The normalized spacial score (nSPS) is 19.7. The van der Waals surface area contributed by atoms with Crippen LogP contribution in [0.2, 0.25) is 0 Å². The first-order valence-electron chi connectivity index (χ1n) is 5.81. The fourth-order valence-corrected chi connectivity index (χ4v) is 4.09. The summed E-state index contributed by atoms with van der Waals surface area (Å²) in [4.78, 5) is 12.4. The van der Waals surface area contributed by atoms with Crippen LogP contribution in [-0.2, 0) is 6.54 Å². The molecule has 1 fully saturated rings. The Morgan fingerprint density at radius 1 is 1.65 bits per heavy atom. The highest BCUT2D eigenvalue weighted by Gasteiger charge is 2.15. The zero-order valence-electron chi connectivity index (χ0n) is 9.86. The lowest BCUT2D eigenvalue weighted by Gasteiger charge is -2.09. The third-order valence-electron chi connectivity index (χ3n) is 2.94. The second kappa shape index (κ2) is 5.89. The predicted molar refractivity (Wildman–Crippen MR) is 73.2 cm³/mol. The van der Waals surface area contributed by atoms with E-state index in [0.29, 0.717) is 4.88 Å². The summed E-state index contributed by atoms with van der Waals surface area (Å²) in [5, 5.41) is 13.1. The van der Waals surface area contributed by atoms with Crippen molar-refractivity contribution in [2.75, 3.05) is 12.3 Å². The summed E-state index contributed by atoms with van der Waals surface area (Å²) in [6.07, 6.45) is 2.64. The second-order valence-electron chi connectivity index (χ2n) is 4.26. The van der Waals surface area contributed by atoms with E-state index >= 15 is 0 Å². The standard InChI is InChI=1S/C12H17NO2S2/c1-8-9(5-11(17-8)12(14)15)6-13-7-10-3-2-4-16-10/h5,10,13H,2-4,6-7H2,1H3,(H,14,15). The minimum atomic E-state index is -0.823. The van der Waals surface area contributed by atoms with E-state index in [1.165, 1.54) is 29.9 Å². The van der Waals surface area contributed by atoms with Crippen molar-refractivity contribution >= 4 is 29.1 Å². The van der Waals surface area contributed by atoms with Crippen LogP contribution in [0.1, 0.15) is 33.0 Å². The summed E-state index contributed by atoms with van der Waals surface area (Å²) in [5.74, 6) is 0.461. The average molecular weight is 271 g/mol. The van der Waals surface area contributed by atoms with Gasteiger partial charge in [0.2, 0.25) is 0 Å². The van der Waals surface area contributed by atoms with Gasteiger partial charge in [0.25, 0.3) is 0 Å². The van der Waals surface area contributed by atoms with Gasteiger partial charge in [-0.05, 0) is 37.1 Å². The van der Waals surface area contributed by atoms with Gasteiger partial charge in [-0.3, -0.25) is 0 Å². The summed E-state index contributed by atoms with van der Waals surface area (Å²) in [6, 6.07) is 1.79. The molecule has 1 atom stereocenters. The van der Waals surface area contributed by atoms with Crippen molar-refractivity contribution in [1.82, 2.24) is 5.32 Å². The van der Waals surface area contributed by atoms with Crippen molar-refractivity contribution in [3.8, 4) is 0 Å². The first-order chi connectivity index (χ1) is 8.16. The lowest BCUT2D eigenvalue weighted by atomic mass is 10.2. The van der Waals surface area contributed by atoms with E-state index in [1.807, 2.05) is 18.7 Å². The number of carboxylic acid groups (broad SMARTS) is 1. The molecule has 0 aromatic carbocycles. The molecule has 1 aliphatic heterocycles. The molecule has 1 aliphatic rings. The van der Waals surface area contributed by atoms with Crippen LogP contribution in [0, 0.1) is 6.92 Å². The zero-order valence-corrected chi connectivity index (χ0v) is 11.5. The van der Waals surface area contributed by atoms with Gasteiger partial charge in [-0.1, -0.05) is 0 Å². The second-order valence-corrected chi connectivity index (χ2v) is 6.93. The molecule has 1 unspecified atom stereocenters. The summed E-state index contributed by atoms with van der Waals surface area (Å²) >= 11 is 3.40. The van der Waals surface area contributed by atoms with E-state index in [0.717, 1.165) is 28.8 Å². The molecule has 0 radical (unpaired) electrons. The number of carboxylic acids is 1. The number of rotatable bonds is 5. The third-order valence-corrected chi connectivity index (χ3v) is 5.42. The molecular weight excluding hydrogens is 254 g/mol. The molecule has 0 bridgehead atoms. The Hall–Kier alpha value is -0.520. The molecule has 1 saturated heterocycles. The van der Waals surface area contributed by atoms with Gasteiger partial charge in [0.15, 0.2) is 0 Å². The van der Waals surface area contributed by atoms with Gasteiger partial charge >= 0.3 is 5.97 Å². The van der Waals surface area contributed by atoms with Gasteiger partial charge in [0.05, 0.1) is 0 Å². The van der Waals surface area contributed by atoms with Crippen molar-refractivity contribution in [2.45, 2.75) is 31.6 Å². The van der Waals surface area contributed by atoms with Crippen LogP contribution in [-0.4, -0.2) is 28.6 Å². The van der Waals surface area contributed by atoms with Crippen molar-refractivity contribution in [1.29, 1.82) is 0 Å². The number of carbonyl (C=O) groups is 1. The Kier molecular flexibility index (Phi) is 4.48. The number of thiophene rings is 1. The van der Waals surface area contributed by atoms with Crippen molar-refractivity contribution in [3.63, 3.8) is 0 Å². The lowest BCUT2D eigenvalue weighted by molar-refractivity contribution is 0.0702. The predicted octanol–water partition coefficient (Wildman–Crippen LogP) is 2.74. The highest BCUT2D eigenvalue weighted by molar-refractivity contribution is 8.00. The van der Waals surface area contributed by atoms with Crippen molar-refractivity contribution < 1.29 is 9.90 Å². The van der Waals surface area contributed by atoms with E-state index in [4.69, 9.17) is 5.11 Å². The molecule has 0 saturated carbocycles. The average Bonchev–Trinajstić information content (AvgIpc) is 2.89. The van der Waals surface area contributed by atoms with Crippen LogP contribution in [0.4, 0.5) is 0 Å². The Labute approximate surface area is 110 Å². The molecule has 0 aliphatic carbocycles. The number of hydrogen-bond acceptors (Lipinski definition) is 4. The number of hydrogen-bond donors (Lipinski definition) is 2. The van der Waals surface area contributed by atoms with Gasteiger partial charge in [-0.15, -0.1) is 11.3 Å². The van der Waals surface area contributed by atoms with Gasteiger partial charge in [-0.2, -0.15) is 11.8 Å². The van der Waals surface area contributed by atoms with Crippen LogP contribution in [0.25, 0.3) is 0 Å². The highest BCUT2D eigenvalue weighted by Crippen LogP contribution is 2.26. The molecule has 3 nitrogen and oxygen atoms in total. The fraction of sp³-hybridized carbons (Fsp3) is 0.583. The summed E-state index contributed by atoms with van der Waals surface area (Å²) < 4.78 is 0. The van der Waals surface area contributed by atoms with Gasteiger partial charge in [-0.25, -0.2) is 4.79 Å². The van der Waals surface area contributed by atoms with Crippen LogP contribution >= 0.6 is 23.1 Å². The van der Waals surface area contributed by atoms with Gasteiger partial charge in [0, 0.05) is 23.2 Å². The first-order valence-corrected chi connectivity index (χ1v) is 7.68. The smallest absolute Gasteiger partial charge is 0.345 e. The summed E-state index contributed by atoms with van der Waals surface area (Å²) in [5.41, 5.74) is 1.12. The zero-order chi connectivity index (χ0) is 12.3. The van der Waals surface area contributed by atoms with Crippen molar-refractivity contribution in [2.24, 2.45) is 0 Å². The lowest BCUT2D eigenvalue weighted by Crippen LogP contribution is -2.22. The summed E-state index contributed by atoms with van der Waals surface area (Å²) in [6.45, 7) is 3.80. The largest absolute Gasteiger partial charge is 0.477 e. The SMILES string of the molecule is Cc1sc(C(=O)O)cc1CNCC1CCCS1. The molecule has 1 aromatic rings. The monoisotopic (exact) mass is 271 g/mol. The minimum absolute atomic E-state index is 0.439. The Morgan fingerprint density at radius 2 is 2.47 bits per heavy atom. The number of aromatic carboxylic acids is 1. The quantitative estimate of drug-likeness (QED) is 0.864. The topological polar surface area (TPSA) is 49.3 Å². The number of thioether (sulfide) groups is 1. The van der Waals surface area contributed by atoms with Crippen LogP contribution in [0.3, 0.4) is 0 Å².